The molecule has 0 spiro atoms. The predicted molar refractivity (Wildman–Crippen MR) is 116 cm³/mol. The average Bonchev–Trinajstić information content (AvgIpc) is 2.65. The predicted octanol–water partition coefficient (Wildman–Crippen LogP) is 4.12. The first-order valence-corrected chi connectivity index (χ1v) is 11.3. The number of ether oxygens (including phenoxy) is 1. The zero-order valence-corrected chi connectivity index (χ0v) is 18.9. The van der Waals surface area contributed by atoms with Gasteiger partial charge in [-0.05, 0) is 81.5 Å². The standard InChI is InChI=1S/C25H33NO5/c1-15(20(27)18-5-7-19(8-6-18)26-21(28)23(2,3)4)31-22(29)24-10-16-9-17(11-24)13-25(30,12-16)14-24/h5-8,15-17,30H,9-14H2,1-4H3,(H,26,28)/t15-,16-,17+,24?,25?/m1/s1. The van der Waals surface area contributed by atoms with Gasteiger partial charge < -0.3 is 15.2 Å². The van der Waals surface area contributed by atoms with Crippen molar-refractivity contribution < 1.29 is 24.2 Å². The molecule has 31 heavy (non-hydrogen) atoms. The summed E-state index contributed by atoms with van der Waals surface area (Å²) < 4.78 is 5.67. The fourth-order valence-corrected chi connectivity index (χ4v) is 6.06. The van der Waals surface area contributed by atoms with Crippen LogP contribution in [-0.2, 0) is 14.3 Å². The second-order valence-corrected chi connectivity index (χ2v) is 11.2. The molecule has 1 amide bonds. The molecule has 2 unspecified atom stereocenters. The van der Waals surface area contributed by atoms with Crippen LogP contribution in [0.4, 0.5) is 5.69 Å². The molecule has 0 aromatic heterocycles. The van der Waals surface area contributed by atoms with Gasteiger partial charge in [0.1, 0.15) is 0 Å². The smallest absolute Gasteiger partial charge is 0.312 e. The van der Waals surface area contributed by atoms with Gasteiger partial charge >= 0.3 is 5.97 Å². The van der Waals surface area contributed by atoms with Crippen molar-refractivity contribution >= 4 is 23.3 Å². The van der Waals surface area contributed by atoms with Crippen molar-refractivity contribution in [2.24, 2.45) is 22.7 Å². The van der Waals surface area contributed by atoms with Crippen LogP contribution in [0.15, 0.2) is 24.3 Å². The van der Waals surface area contributed by atoms with Crippen molar-refractivity contribution in [3.05, 3.63) is 29.8 Å². The van der Waals surface area contributed by atoms with Gasteiger partial charge in [-0.2, -0.15) is 0 Å². The zero-order valence-electron chi connectivity index (χ0n) is 18.9. The van der Waals surface area contributed by atoms with Crippen LogP contribution in [-0.4, -0.2) is 34.5 Å². The summed E-state index contributed by atoms with van der Waals surface area (Å²) in [7, 11) is 0. The number of anilines is 1. The van der Waals surface area contributed by atoms with Crippen LogP contribution in [0.1, 0.15) is 76.6 Å². The highest BCUT2D eigenvalue weighted by Crippen LogP contribution is 2.62. The SMILES string of the molecule is C[C@@H](OC(=O)C12C[C@@H]3C[C@@H](CC(O)(C3)C1)C2)C(=O)c1ccc(NC(=O)C(C)(C)C)cc1. The lowest BCUT2D eigenvalue weighted by Crippen LogP contribution is -2.58. The summed E-state index contributed by atoms with van der Waals surface area (Å²) in [5, 5.41) is 13.7. The van der Waals surface area contributed by atoms with Crippen molar-refractivity contribution in [1.82, 2.24) is 0 Å². The van der Waals surface area contributed by atoms with Crippen molar-refractivity contribution in [3.63, 3.8) is 0 Å². The minimum atomic E-state index is -0.898. The van der Waals surface area contributed by atoms with E-state index in [1.54, 1.807) is 31.2 Å². The Hall–Kier alpha value is -2.21. The number of nitrogens with one attached hydrogen (secondary N) is 1. The van der Waals surface area contributed by atoms with Gasteiger partial charge in [-0.15, -0.1) is 0 Å². The van der Waals surface area contributed by atoms with Gasteiger partial charge in [0.25, 0.3) is 0 Å². The van der Waals surface area contributed by atoms with Crippen LogP contribution in [0, 0.1) is 22.7 Å². The molecule has 1 aromatic rings. The first kappa shape index (κ1) is 22.0. The molecule has 168 valence electrons. The molecule has 4 saturated carbocycles. The maximum absolute atomic E-state index is 13.1. The van der Waals surface area contributed by atoms with Crippen molar-refractivity contribution in [2.75, 3.05) is 5.32 Å². The molecule has 4 fully saturated rings. The lowest BCUT2D eigenvalue weighted by molar-refractivity contribution is -0.197. The number of ketones is 1. The summed E-state index contributed by atoms with van der Waals surface area (Å²) in [4.78, 5) is 38.1. The Kier molecular flexibility index (Phi) is 5.28. The number of aliphatic hydroxyl groups is 1. The third kappa shape index (κ3) is 4.27. The highest BCUT2D eigenvalue weighted by atomic mass is 16.5. The largest absolute Gasteiger partial charge is 0.454 e. The number of rotatable bonds is 5. The summed E-state index contributed by atoms with van der Waals surface area (Å²) >= 11 is 0. The molecule has 4 aliphatic carbocycles. The maximum atomic E-state index is 13.1. The minimum Gasteiger partial charge on any atom is -0.454 e. The number of amides is 1. The lowest BCUT2D eigenvalue weighted by Gasteiger charge is -2.58. The number of hydrogen-bond acceptors (Lipinski definition) is 5. The molecule has 5 rings (SSSR count). The molecule has 4 aliphatic rings. The number of benzene rings is 1. The Balaban J connectivity index is 1.40. The second-order valence-electron chi connectivity index (χ2n) is 11.2. The van der Waals surface area contributed by atoms with Crippen molar-refractivity contribution in [3.8, 4) is 0 Å². The highest BCUT2D eigenvalue weighted by molar-refractivity contribution is 6.01. The third-order valence-corrected chi connectivity index (χ3v) is 7.22. The van der Waals surface area contributed by atoms with E-state index in [-0.39, 0.29) is 17.7 Å². The van der Waals surface area contributed by atoms with Gasteiger partial charge in [0.2, 0.25) is 11.7 Å². The van der Waals surface area contributed by atoms with E-state index in [0.717, 1.165) is 32.1 Å². The fraction of sp³-hybridized carbons (Fsp3) is 0.640. The van der Waals surface area contributed by atoms with Crippen molar-refractivity contribution in [2.45, 2.75) is 77.9 Å². The summed E-state index contributed by atoms with van der Waals surface area (Å²) in [6.45, 7) is 7.10. The summed E-state index contributed by atoms with van der Waals surface area (Å²) in [6.07, 6.45) is 3.72. The first-order chi connectivity index (χ1) is 14.4. The first-order valence-electron chi connectivity index (χ1n) is 11.3. The molecular weight excluding hydrogens is 394 g/mol. The molecule has 4 bridgehead atoms. The maximum Gasteiger partial charge on any atom is 0.312 e. The second kappa shape index (κ2) is 7.44. The van der Waals surface area contributed by atoms with Crippen LogP contribution < -0.4 is 5.32 Å². The molecule has 0 radical (unpaired) electrons. The zero-order chi connectivity index (χ0) is 22.6. The number of carbonyl (C=O) groups excluding carboxylic acids is 3. The minimum absolute atomic E-state index is 0.105. The quantitative estimate of drug-likeness (QED) is 0.545. The Morgan fingerprint density at radius 3 is 2.16 bits per heavy atom. The van der Waals surface area contributed by atoms with E-state index in [1.165, 1.54) is 0 Å². The number of Topliss-reactive ketones (excluding diaryl/α,β-unsaturated/α-hetero) is 1. The molecule has 0 saturated heterocycles. The van der Waals surface area contributed by atoms with Gasteiger partial charge in [-0.25, -0.2) is 0 Å². The van der Waals surface area contributed by atoms with Crippen LogP contribution in [0.3, 0.4) is 0 Å². The van der Waals surface area contributed by atoms with Crippen LogP contribution >= 0.6 is 0 Å². The van der Waals surface area contributed by atoms with Crippen LogP contribution in [0.5, 0.6) is 0 Å². The van der Waals surface area contributed by atoms with Crippen molar-refractivity contribution in [1.29, 1.82) is 0 Å². The summed E-state index contributed by atoms with van der Waals surface area (Å²) in [5.41, 5.74) is -0.860. The monoisotopic (exact) mass is 427 g/mol. The molecule has 1 aromatic carbocycles. The molecule has 6 heteroatoms. The van der Waals surface area contributed by atoms with E-state index < -0.39 is 22.5 Å². The van der Waals surface area contributed by atoms with E-state index in [4.69, 9.17) is 4.74 Å². The summed E-state index contributed by atoms with van der Waals surface area (Å²) in [5.74, 6) is 0.0350. The number of carbonyl (C=O) groups is 3. The Morgan fingerprint density at radius 1 is 1.06 bits per heavy atom. The van der Waals surface area contributed by atoms with E-state index in [1.807, 2.05) is 20.8 Å². The molecule has 5 atom stereocenters. The van der Waals surface area contributed by atoms with Gasteiger partial charge in [-0.1, -0.05) is 20.8 Å². The van der Waals surface area contributed by atoms with E-state index in [2.05, 4.69) is 5.32 Å². The van der Waals surface area contributed by atoms with Gasteiger partial charge in [-0.3, -0.25) is 14.4 Å². The van der Waals surface area contributed by atoms with Crippen LogP contribution in [0.25, 0.3) is 0 Å². The van der Waals surface area contributed by atoms with E-state index in [0.29, 0.717) is 29.5 Å². The third-order valence-electron chi connectivity index (χ3n) is 7.22. The Labute approximate surface area is 183 Å². The summed E-state index contributed by atoms with van der Waals surface area (Å²) in [6, 6.07) is 6.64. The highest BCUT2D eigenvalue weighted by Gasteiger charge is 2.61. The Bertz CT molecular complexity index is 883. The average molecular weight is 428 g/mol. The fourth-order valence-electron chi connectivity index (χ4n) is 6.06. The number of esters is 1. The molecule has 0 heterocycles. The molecule has 0 aliphatic heterocycles. The molecular formula is C25H33NO5. The topological polar surface area (TPSA) is 92.7 Å². The van der Waals surface area contributed by atoms with Gasteiger partial charge in [0.15, 0.2) is 6.10 Å². The number of hydrogen-bond donors (Lipinski definition) is 2. The van der Waals surface area contributed by atoms with E-state index >= 15 is 0 Å². The Morgan fingerprint density at radius 2 is 1.65 bits per heavy atom. The van der Waals surface area contributed by atoms with Gasteiger partial charge in [0.05, 0.1) is 11.0 Å². The molecule has 6 nitrogen and oxygen atoms in total. The van der Waals surface area contributed by atoms with E-state index in [9.17, 15) is 19.5 Å². The van der Waals surface area contributed by atoms with Gasteiger partial charge in [0, 0.05) is 16.7 Å². The van der Waals surface area contributed by atoms with Crippen LogP contribution in [0.2, 0.25) is 0 Å². The normalized spacial score (nSPS) is 32.4. The molecule has 2 N–H and O–H groups in total. The lowest BCUT2D eigenvalue weighted by atomic mass is 9.48.